The molecule has 0 saturated carbocycles. The number of anilines is 2. The van der Waals surface area contributed by atoms with Gasteiger partial charge in [-0.15, -0.1) is 11.3 Å². The van der Waals surface area contributed by atoms with Crippen LogP contribution in [-0.4, -0.2) is 36.4 Å². The van der Waals surface area contributed by atoms with Gasteiger partial charge in [0, 0.05) is 24.3 Å². The van der Waals surface area contributed by atoms with Crippen LogP contribution in [0, 0.1) is 6.92 Å². The number of rotatable bonds is 7. The standard InChI is InChI=1S/C26H29N3O3S2/c1-17-7-6-8-21(29-14-4-3-5-15-29)22(17)23(18-9-11-19(32-2)12-10-18)28-26(33)27-20-13-16-34-24(20)25(30)31/h6-13,16,23H,3-5,14-15H2,1-2H3,(H,30,31)(H2,27,28,33). The van der Waals surface area contributed by atoms with Crippen LogP contribution in [0.15, 0.2) is 53.9 Å². The number of carbonyl (C=O) groups is 1. The van der Waals surface area contributed by atoms with Crippen molar-refractivity contribution in [3.8, 4) is 5.75 Å². The minimum absolute atomic E-state index is 0.226. The maximum absolute atomic E-state index is 11.5. The summed E-state index contributed by atoms with van der Waals surface area (Å²) < 4.78 is 5.36. The van der Waals surface area contributed by atoms with E-state index in [4.69, 9.17) is 17.0 Å². The summed E-state index contributed by atoms with van der Waals surface area (Å²) in [6, 6.07) is 15.9. The van der Waals surface area contributed by atoms with Crippen LogP contribution in [0.5, 0.6) is 5.75 Å². The number of nitrogens with one attached hydrogen (secondary N) is 2. The minimum atomic E-state index is -0.974. The molecule has 34 heavy (non-hydrogen) atoms. The molecule has 0 spiro atoms. The van der Waals surface area contributed by atoms with Gasteiger partial charge >= 0.3 is 5.97 Å². The number of ether oxygens (including phenoxy) is 1. The number of thiocarbonyl (C=S) groups is 1. The predicted octanol–water partition coefficient (Wildman–Crippen LogP) is 5.83. The Morgan fingerprint density at radius 3 is 2.53 bits per heavy atom. The van der Waals surface area contributed by atoms with Crippen LogP contribution in [0.3, 0.4) is 0 Å². The number of aryl methyl sites for hydroxylation is 1. The van der Waals surface area contributed by atoms with Gasteiger partial charge in [-0.05, 0) is 79.2 Å². The van der Waals surface area contributed by atoms with Crippen molar-refractivity contribution in [2.24, 2.45) is 0 Å². The summed E-state index contributed by atoms with van der Waals surface area (Å²) in [5.74, 6) is -0.188. The van der Waals surface area contributed by atoms with Gasteiger partial charge in [0.15, 0.2) is 5.11 Å². The lowest BCUT2D eigenvalue weighted by atomic mass is 9.92. The summed E-state index contributed by atoms with van der Waals surface area (Å²) in [6.07, 6.45) is 3.63. The fourth-order valence-corrected chi connectivity index (χ4v) is 5.35. The molecule has 3 aromatic rings. The Balaban J connectivity index is 1.71. The largest absolute Gasteiger partial charge is 0.497 e. The van der Waals surface area contributed by atoms with Crippen LogP contribution in [0.4, 0.5) is 11.4 Å². The normalized spacial score (nSPS) is 14.4. The van der Waals surface area contributed by atoms with Crippen LogP contribution >= 0.6 is 23.6 Å². The van der Waals surface area contributed by atoms with Crippen LogP contribution in [0.1, 0.15) is 51.7 Å². The highest BCUT2D eigenvalue weighted by Crippen LogP contribution is 2.36. The van der Waals surface area contributed by atoms with Gasteiger partial charge in [0.1, 0.15) is 10.6 Å². The molecule has 2 aromatic carbocycles. The zero-order valence-corrected chi connectivity index (χ0v) is 21.0. The van der Waals surface area contributed by atoms with E-state index in [1.54, 1.807) is 18.6 Å². The van der Waals surface area contributed by atoms with Gasteiger partial charge in [-0.25, -0.2) is 4.79 Å². The Hall–Kier alpha value is -3.10. The fraction of sp³-hybridized carbons (Fsp3) is 0.308. The van der Waals surface area contributed by atoms with Gasteiger partial charge < -0.3 is 25.4 Å². The number of benzene rings is 2. The van der Waals surface area contributed by atoms with E-state index in [-0.39, 0.29) is 10.9 Å². The number of hydrogen-bond donors (Lipinski definition) is 3. The first-order valence-electron chi connectivity index (χ1n) is 11.3. The SMILES string of the molecule is COc1ccc(C(NC(=S)Nc2ccsc2C(=O)O)c2c(C)cccc2N2CCCCC2)cc1. The third kappa shape index (κ3) is 5.34. The Labute approximate surface area is 209 Å². The van der Waals surface area contributed by atoms with E-state index in [2.05, 4.69) is 40.7 Å². The van der Waals surface area contributed by atoms with Crippen molar-refractivity contribution in [1.29, 1.82) is 0 Å². The second-order valence-corrected chi connectivity index (χ2v) is 9.65. The molecule has 0 aliphatic carbocycles. The number of nitrogens with zero attached hydrogens (tertiary/aromatic N) is 1. The van der Waals surface area contributed by atoms with Crippen LogP contribution in [0.2, 0.25) is 0 Å². The highest BCUT2D eigenvalue weighted by molar-refractivity contribution is 7.80. The van der Waals surface area contributed by atoms with Crippen molar-refractivity contribution >= 4 is 46.0 Å². The van der Waals surface area contributed by atoms with Gasteiger partial charge in [0.05, 0.1) is 18.8 Å². The molecule has 1 fully saturated rings. The third-order valence-electron chi connectivity index (χ3n) is 6.12. The molecular formula is C26H29N3O3S2. The molecule has 1 aromatic heterocycles. The molecule has 0 bridgehead atoms. The summed E-state index contributed by atoms with van der Waals surface area (Å²) in [7, 11) is 1.65. The molecular weight excluding hydrogens is 466 g/mol. The van der Waals surface area contributed by atoms with Crippen LogP contribution in [-0.2, 0) is 0 Å². The van der Waals surface area contributed by atoms with Gasteiger partial charge in [-0.3, -0.25) is 0 Å². The van der Waals surface area contributed by atoms with E-state index < -0.39 is 5.97 Å². The second-order valence-electron chi connectivity index (χ2n) is 8.33. The minimum Gasteiger partial charge on any atom is -0.497 e. The maximum Gasteiger partial charge on any atom is 0.348 e. The van der Waals surface area contributed by atoms with E-state index in [0.29, 0.717) is 10.8 Å². The average molecular weight is 496 g/mol. The maximum atomic E-state index is 11.5. The zero-order valence-electron chi connectivity index (χ0n) is 19.3. The van der Waals surface area contributed by atoms with Gasteiger partial charge in [-0.1, -0.05) is 24.3 Å². The van der Waals surface area contributed by atoms with E-state index in [1.165, 1.54) is 47.4 Å². The molecule has 178 valence electrons. The zero-order chi connectivity index (χ0) is 24.1. The first-order valence-corrected chi connectivity index (χ1v) is 12.6. The quantitative estimate of drug-likeness (QED) is 0.356. The molecule has 1 aliphatic heterocycles. The van der Waals surface area contributed by atoms with Gasteiger partial charge in [-0.2, -0.15) is 0 Å². The molecule has 1 atom stereocenters. The van der Waals surface area contributed by atoms with E-state index >= 15 is 0 Å². The molecule has 1 aliphatic rings. The highest BCUT2D eigenvalue weighted by Gasteiger charge is 2.25. The highest BCUT2D eigenvalue weighted by atomic mass is 32.1. The van der Waals surface area contributed by atoms with Crippen LogP contribution in [0.25, 0.3) is 0 Å². The van der Waals surface area contributed by atoms with Gasteiger partial charge in [0.2, 0.25) is 0 Å². The molecule has 4 rings (SSSR count). The number of carboxylic acids is 1. The molecule has 2 heterocycles. The lowest BCUT2D eigenvalue weighted by Crippen LogP contribution is -2.36. The molecule has 1 unspecified atom stereocenters. The van der Waals surface area contributed by atoms with Crippen molar-refractivity contribution in [1.82, 2.24) is 5.32 Å². The Morgan fingerprint density at radius 2 is 1.85 bits per heavy atom. The van der Waals surface area contributed by atoms with Crippen molar-refractivity contribution in [3.63, 3.8) is 0 Å². The fourth-order valence-electron chi connectivity index (χ4n) is 4.43. The summed E-state index contributed by atoms with van der Waals surface area (Å²) in [6.45, 7) is 4.19. The van der Waals surface area contributed by atoms with Crippen molar-refractivity contribution in [2.45, 2.75) is 32.2 Å². The number of methoxy groups -OCH3 is 1. The Morgan fingerprint density at radius 1 is 1.12 bits per heavy atom. The third-order valence-corrected chi connectivity index (χ3v) is 7.24. The molecule has 0 radical (unpaired) electrons. The lowest BCUT2D eigenvalue weighted by molar-refractivity contribution is 0.0703. The number of thiophene rings is 1. The topological polar surface area (TPSA) is 73.8 Å². The molecule has 8 heteroatoms. The Kier molecular flexibility index (Phi) is 7.70. The first kappa shape index (κ1) is 24.0. The predicted molar refractivity (Wildman–Crippen MR) is 143 cm³/mol. The van der Waals surface area contributed by atoms with Gasteiger partial charge in [0.25, 0.3) is 0 Å². The summed E-state index contributed by atoms with van der Waals surface area (Å²) in [4.78, 5) is 14.2. The number of hydrogen-bond acceptors (Lipinski definition) is 5. The smallest absolute Gasteiger partial charge is 0.348 e. The van der Waals surface area contributed by atoms with Crippen molar-refractivity contribution < 1.29 is 14.6 Å². The molecule has 0 amide bonds. The number of carboxylic acid groups (broad SMARTS) is 1. The number of aromatic carboxylic acids is 1. The van der Waals surface area contributed by atoms with Crippen molar-refractivity contribution in [2.75, 3.05) is 30.4 Å². The Bertz CT molecular complexity index is 1150. The van der Waals surface area contributed by atoms with E-state index in [1.807, 2.05) is 24.3 Å². The lowest BCUT2D eigenvalue weighted by Gasteiger charge is -2.34. The van der Waals surface area contributed by atoms with Crippen LogP contribution < -0.4 is 20.3 Å². The average Bonchev–Trinajstić information content (AvgIpc) is 3.32. The molecule has 3 N–H and O–H groups in total. The number of piperidine rings is 1. The van der Waals surface area contributed by atoms with E-state index in [9.17, 15) is 9.90 Å². The summed E-state index contributed by atoms with van der Waals surface area (Å²) >= 11 is 6.84. The molecule has 1 saturated heterocycles. The molecule has 6 nitrogen and oxygen atoms in total. The first-order chi connectivity index (χ1) is 16.5. The summed E-state index contributed by atoms with van der Waals surface area (Å²) in [5, 5.41) is 18.1. The monoisotopic (exact) mass is 495 g/mol. The van der Waals surface area contributed by atoms with E-state index in [0.717, 1.165) is 24.4 Å². The second kappa shape index (κ2) is 10.9. The van der Waals surface area contributed by atoms with Crippen molar-refractivity contribution in [3.05, 3.63) is 75.5 Å². The summed E-state index contributed by atoms with van der Waals surface area (Å²) in [5.41, 5.74) is 5.08.